The van der Waals surface area contributed by atoms with Crippen LogP contribution < -0.4 is 5.73 Å². The van der Waals surface area contributed by atoms with E-state index in [1.165, 1.54) is 21.8 Å². The number of hydrogen-bond acceptors (Lipinski definition) is 5. The van der Waals surface area contributed by atoms with Gasteiger partial charge in [0.1, 0.15) is 4.90 Å². The summed E-state index contributed by atoms with van der Waals surface area (Å²) >= 11 is 1.54. The molecule has 0 saturated carbocycles. The number of rotatable bonds is 7. The predicted octanol–water partition coefficient (Wildman–Crippen LogP) is 1.11. The second kappa shape index (κ2) is 6.49. The summed E-state index contributed by atoms with van der Waals surface area (Å²) in [5.74, 6) is 0. The highest BCUT2D eigenvalue weighted by atomic mass is 32.2. The van der Waals surface area contributed by atoms with Crippen molar-refractivity contribution < 1.29 is 8.42 Å². The van der Waals surface area contributed by atoms with Gasteiger partial charge in [-0.1, -0.05) is 6.07 Å². The normalized spacial score (nSPS) is 12.2. The van der Waals surface area contributed by atoms with E-state index in [1.807, 2.05) is 17.5 Å². The number of nitrogens with zero attached hydrogens (tertiary/aromatic N) is 3. The fourth-order valence-corrected chi connectivity index (χ4v) is 3.68. The highest BCUT2D eigenvalue weighted by molar-refractivity contribution is 7.89. The molecule has 0 atom stereocenters. The SMILES string of the molecule is CN(Cc1cccs1)S(=O)(=O)c1cnn(CCCN)c1. The average molecular weight is 314 g/mol. The molecule has 0 radical (unpaired) electrons. The molecule has 8 heteroatoms. The first-order valence-electron chi connectivity index (χ1n) is 6.25. The molecule has 2 aromatic rings. The maximum Gasteiger partial charge on any atom is 0.246 e. The topological polar surface area (TPSA) is 81.2 Å². The summed E-state index contributed by atoms with van der Waals surface area (Å²) in [5, 5.41) is 5.99. The molecule has 0 saturated heterocycles. The van der Waals surface area contributed by atoms with Crippen LogP contribution in [0.4, 0.5) is 0 Å². The third kappa shape index (κ3) is 3.45. The molecule has 6 nitrogen and oxygen atoms in total. The van der Waals surface area contributed by atoms with Crippen molar-refractivity contribution in [2.24, 2.45) is 5.73 Å². The van der Waals surface area contributed by atoms with Gasteiger partial charge in [0.15, 0.2) is 0 Å². The Morgan fingerprint density at radius 1 is 1.50 bits per heavy atom. The Bertz CT molecular complexity index is 634. The van der Waals surface area contributed by atoms with Crippen molar-refractivity contribution in [2.75, 3.05) is 13.6 Å². The standard InChI is InChI=1S/C12H18N4O2S2/c1-15(9-11-4-2-7-19-11)20(17,18)12-8-14-16(10-12)6-3-5-13/h2,4,7-8,10H,3,5-6,9,13H2,1H3. The van der Waals surface area contributed by atoms with Gasteiger partial charge < -0.3 is 5.73 Å². The minimum atomic E-state index is -3.49. The van der Waals surface area contributed by atoms with Crippen molar-refractivity contribution in [1.82, 2.24) is 14.1 Å². The van der Waals surface area contributed by atoms with Crippen LogP contribution in [0.1, 0.15) is 11.3 Å². The minimum Gasteiger partial charge on any atom is -0.330 e. The van der Waals surface area contributed by atoms with Crippen LogP contribution in [-0.4, -0.2) is 36.1 Å². The zero-order valence-electron chi connectivity index (χ0n) is 11.3. The van der Waals surface area contributed by atoms with Gasteiger partial charge >= 0.3 is 0 Å². The lowest BCUT2D eigenvalue weighted by Gasteiger charge is -2.14. The van der Waals surface area contributed by atoms with E-state index in [4.69, 9.17) is 5.73 Å². The largest absolute Gasteiger partial charge is 0.330 e. The molecule has 0 aromatic carbocycles. The van der Waals surface area contributed by atoms with Gasteiger partial charge in [-0.3, -0.25) is 4.68 Å². The lowest BCUT2D eigenvalue weighted by atomic mass is 10.4. The Balaban J connectivity index is 2.10. The number of aromatic nitrogens is 2. The molecule has 2 heterocycles. The van der Waals surface area contributed by atoms with Crippen LogP contribution in [0, 0.1) is 0 Å². The summed E-state index contributed by atoms with van der Waals surface area (Å²) in [7, 11) is -1.92. The Kier molecular flexibility index (Phi) is 4.92. The average Bonchev–Trinajstić information content (AvgIpc) is 3.07. The first-order chi connectivity index (χ1) is 9.54. The monoisotopic (exact) mass is 314 g/mol. The molecule has 0 aliphatic heterocycles. The van der Waals surface area contributed by atoms with Crippen LogP contribution in [0.15, 0.2) is 34.8 Å². The van der Waals surface area contributed by atoms with Gasteiger partial charge in [0.05, 0.1) is 6.20 Å². The molecule has 20 heavy (non-hydrogen) atoms. The van der Waals surface area contributed by atoms with E-state index in [0.29, 0.717) is 19.6 Å². The van der Waals surface area contributed by atoms with Crippen LogP contribution in [0.3, 0.4) is 0 Å². The first-order valence-corrected chi connectivity index (χ1v) is 8.57. The van der Waals surface area contributed by atoms with E-state index in [9.17, 15) is 8.42 Å². The lowest BCUT2D eigenvalue weighted by Crippen LogP contribution is -2.25. The zero-order chi connectivity index (χ0) is 14.6. The molecule has 0 unspecified atom stereocenters. The molecule has 0 aliphatic carbocycles. The number of sulfonamides is 1. The van der Waals surface area contributed by atoms with Crippen molar-refractivity contribution in [3.63, 3.8) is 0 Å². The molecule has 0 amide bonds. The fourth-order valence-electron chi connectivity index (χ4n) is 1.74. The van der Waals surface area contributed by atoms with Gasteiger partial charge in [-0.05, 0) is 24.4 Å². The smallest absolute Gasteiger partial charge is 0.246 e. The molecule has 110 valence electrons. The van der Waals surface area contributed by atoms with Gasteiger partial charge in [-0.15, -0.1) is 11.3 Å². The van der Waals surface area contributed by atoms with Gasteiger partial charge in [-0.25, -0.2) is 8.42 Å². The van der Waals surface area contributed by atoms with E-state index in [2.05, 4.69) is 5.10 Å². The molecular formula is C12H18N4O2S2. The fraction of sp³-hybridized carbons (Fsp3) is 0.417. The molecule has 2 aromatic heterocycles. The molecule has 2 rings (SSSR count). The maximum atomic E-state index is 12.4. The van der Waals surface area contributed by atoms with E-state index in [0.717, 1.165) is 11.3 Å². The van der Waals surface area contributed by atoms with Crippen LogP contribution in [0.2, 0.25) is 0 Å². The van der Waals surface area contributed by atoms with E-state index in [-0.39, 0.29) is 4.90 Å². The van der Waals surface area contributed by atoms with Crippen molar-refractivity contribution in [1.29, 1.82) is 0 Å². The van der Waals surface area contributed by atoms with E-state index >= 15 is 0 Å². The van der Waals surface area contributed by atoms with Gasteiger partial charge in [-0.2, -0.15) is 9.40 Å². The molecule has 0 bridgehead atoms. The summed E-state index contributed by atoms with van der Waals surface area (Å²) < 4.78 is 27.7. The summed E-state index contributed by atoms with van der Waals surface area (Å²) in [6, 6.07) is 3.83. The van der Waals surface area contributed by atoms with Crippen LogP contribution >= 0.6 is 11.3 Å². The first kappa shape index (κ1) is 15.2. The zero-order valence-corrected chi connectivity index (χ0v) is 12.9. The third-order valence-electron chi connectivity index (χ3n) is 2.87. The molecule has 0 fully saturated rings. The summed E-state index contributed by atoms with van der Waals surface area (Å²) in [4.78, 5) is 1.22. The quantitative estimate of drug-likeness (QED) is 0.830. The minimum absolute atomic E-state index is 0.216. The maximum absolute atomic E-state index is 12.4. The van der Waals surface area contributed by atoms with Crippen LogP contribution in [-0.2, 0) is 23.1 Å². The number of thiophene rings is 1. The van der Waals surface area contributed by atoms with Gasteiger partial charge in [0.2, 0.25) is 10.0 Å². The number of nitrogens with two attached hydrogens (primary N) is 1. The number of hydrogen-bond donors (Lipinski definition) is 1. The van der Waals surface area contributed by atoms with Gasteiger partial charge in [0.25, 0.3) is 0 Å². The lowest BCUT2D eigenvalue weighted by molar-refractivity contribution is 0.469. The Morgan fingerprint density at radius 2 is 2.30 bits per heavy atom. The second-order valence-electron chi connectivity index (χ2n) is 4.42. The Morgan fingerprint density at radius 3 is 2.95 bits per heavy atom. The van der Waals surface area contributed by atoms with Crippen LogP contribution in [0.25, 0.3) is 0 Å². The summed E-state index contributed by atoms with van der Waals surface area (Å²) in [5.41, 5.74) is 5.43. The molecule has 0 aliphatic rings. The van der Waals surface area contributed by atoms with Crippen molar-refractivity contribution >= 4 is 21.4 Å². The van der Waals surface area contributed by atoms with Gasteiger partial charge in [0, 0.05) is 31.2 Å². The Hall–Kier alpha value is -1.22. The van der Waals surface area contributed by atoms with E-state index in [1.54, 1.807) is 17.9 Å². The summed E-state index contributed by atoms with van der Waals surface area (Å²) in [6.07, 6.45) is 3.71. The van der Waals surface area contributed by atoms with Crippen LogP contribution in [0.5, 0.6) is 0 Å². The van der Waals surface area contributed by atoms with E-state index < -0.39 is 10.0 Å². The molecular weight excluding hydrogens is 296 g/mol. The van der Waals surface area contributed by atoms with Crippen molar-refractivity contribution in [3.8, 4) is 0 Å². The molecule has 2 N–H and O–H groups in total. The Labute approximate surface area is 122 Å². The third-order valence-corrected chi connectivity index (χ3v) is 5.49. The number of aryl methyl sites for hydroxylation is 1. The summed E-state index contributed by atoms with van der Waals surface area (Å²) in [6.45, 7) is 1.55. The second-order valence-corrected chi connectivity index (χ2v) is 7.50. The predicted molar refractivity (Wildman–Crippen MR) is 78.9 cm³/mol. The molecule has 0 spiro atoms. The highest BCUT2D eigenvalue weighted by Gasteiger charge is 2.22. The van der Waals surface area contributed by atoms with Crippen molar-refractivity contribution in [3.05, 3.63) is 34.8 Å². The van der Waals surface area contributed by atoms with Crippen molar-refractivity contribution in [2.45, 2.75) is 24.4 Å². The highest BCUT2D eigenvalue weighted by Crippen LogP contribution is 2.18.